The van der Waals surface area contributed by atoms with Gasteiger partial charge in [0, 0.05) is 10.9 Å². The summed E-state index contributed by atoms with van der Waals surface area (Å²) in [6.07, 6.45) is 0. The summed E-state index contributed by atoms with van der Waals surface area (Å²) >= 11 is 0. The molecule has 112 valence electrons. The van der Waals surface area contributed by atoms with E-state index in [1.54, 1.807) is 36.4 Å². The van der Waals surface area contributed by atoms with E-state index in [1.165, 1.54) is 25.3 Å². The maximum Gasteiger partial charge on any atom is 0.338 e. The third-order valence-corrected chi connectivity index (χ3v) is 5.08. The molecule has 0 aliphatic heterocycles. The maximum absolute atomic E-state index is 12.6. The van der Waals surface area contributed by atoms with Crippen LogP contribution in [0, 0.1) is 0 Å². The molecule has 0 atom stereocenters. The van der Waals surface area contributed by atoms with Gasteiger partial charge in [0.25, 0.3) is 0 Å². The van der Waals surface area contributed by atoms with Crippen molar-refractivity contribution in [1.82, 2.24) is 4.98 Å². The number of carbonyl (C=O) groups excluding carboxylic acids is 1. The molecule has 0 fully saturated rings. The van der Waals surface area contributed by atoms with Crippen LogP contribution in [0.4, 0.5) is 0 Å². The summed E-state index contributed by atoms with van der Waals surface area (Å²) < 4.78 is 29.9. The van der Waals surface area contributed by atoms with Crippen molar-refractivity contribution in [3.8, 4) is 0 Å². The van der Waals surface area contributed by atoms with Crippen LogP contribution in [0.3, 0.4) is 0 Å². The van der Waals surface area contributed by atoms with Gasteiger partial charge in [-0.3, -0.25) is 0 Å². The summed E-state index contributed by atoms with van der Waals surface area (Å²) in [5.74, 6) is -0.506. The Morgan fingerprint density at radius 2 is 1.77 bits per heavy atom. The minimum atomic E-state index is -3.66. The lowest BCUT2D eigenvalue weighted by atomic mass is 10.1. The van der Waals surface area contributed by atoms with E-state index in [1.807, 2.05) is 0 Å². The molecule has 3 rings (SSSR count). The summed E-state index contributed by atoms with van der Waals surface area (Å²) in [7, 11) is -2.37. The number of fused-ring (bicyclic) bond motifs is 1. The molecule has 1 N–H and O–H groups in total. The van der Waals surface area contributed by atoms with Gasteiger partial charge in [0.15, 0.2) is 0 Å². The van der Waals surface area contributed by atoms with Crippen LogP contribution in [-0.4, -0.2) is 26.5 Å². The summed E-state index contributed by atoms with van der Waals surface area (Å²) in [6, 6.07) is 14.6. The minimum Gasteiger partial charge on any atom is -0.465 e. The van der Waals surface area contributed by atoms with E-state index < -0.39 is 15.8 Å². The molecule has 6 heteroatoms. The molecule has 1 heterocycles. The van der Waals surface area contributed by atoms with Crippen LogP contribution in [-0.2, 0) is 14.6 Å². The van der Waals surface area contributed by atoms with Crippen LogP contribution in [0.15, 0.2) is 64.5 Å². The number of esters is 1. The second kappa shape index (κ2) is 5.31. The van der Waals surface area contributed by atoms with Crippen molar-refractivity contribution < 1.29 is 17.9 Å². The lowest BCUT2D eigenvalue weighted by molar-refractivity contribution is 0.0603. The molecule has 0 radical (unpaired) electrons. The van der Waals surface area contributed by atoms with Crippen molar-refractivity contribution in [3.63, 3.8) is 0 Å². The number of aromatic amines is 1. The van der Waals surface area contributed by atoms with Gasteiger partial charge in [0.05, 0.1) is 17.6 Å². The summed E-state index contributed by atoms with van der Waals surface area (Å²) in [5.41, 5.74) is 0.892. The smallest absolute Gasteiger partial charge is 0.338 e. The van der Waals surface area contributed by atoms with E-state index in [0.29, 0.717) is 16.5 Å². The number of carbonyl (C=O) groups is 1. The Labute approximate surface area is 127 Å². The van der Waals surface area contributed by atoms with Crippen LogP contribution in [0.25, 0.3) is 10.9 Å². The molecule has 0 bridgehead atoms. The fraction of sp³-hybridized carbons (Fsp3) is 0.0625. The first-order chi connectivity index (χ1) is 10.5. The Morgan fingerprint density at radius 1 is 1.05 bits per heavy atom. The van der Waals surface area contributed by atoms with Crippen molar-refractivity contribution in [2.45, 2.75) is 9.92 Å². The fourth-order valence-electron chi connectivity index (χ4n) is 2.29. The first kappa shape index (κ1) is 14.3. The predicted octanol–water partition coefficient (Wildman–Crippen LogP) is 2.79. The van der Waals surface area contributed by atoms with Gasteiger partial charge in [-0.05, 0) is 30.3 Å². The molecule has 1 aromatic heterocycles. The lowest BCUT2D eigenvalue weighted by Crippen LogP contribution is -2.02. The van der Waals surface area contributed by atoms with Gasteiger partial charge in [0.2, 0.25) is 9.84 Å². The van der Waals surface area contributed by atoms with Crippen molar-refractivity contribution >= 4 is 26.7 Å². The standard InChI is InChI=1S/C16H13NO4S/c1-21-16(18)12-8-5-9-14-13(12)10-15(17-14)22(19,20)11-6-3-2-4-7-11/h2-10,17H,1H3. The number of benzene rings is 2. The largest absolute Gasteiger partial charge is 0.465 e. The first-order valence-electron chi connectivity index (χ1n) is 6.54. The second-order valence-electron chi connectivity index (χ2n) is 4.71. The van der Waals surface area contributed by atoms with E-state index in [9.17, 15) is 13.2 Å². The Hall–Kier alpha value is -2.60. The molecular weight excluding hydrogens is 302 g/mol. The lowest BCUT2D eigenvalue weighted by Gasteiger charge is -2.00. The van der Waals surface area contributed by atoms with Crippen molar-refractivity contribution in [2.24, 2.45) is 0 Å². The summed E-state index contributed by atoms with van der Waals surface area (Å²) in [4.78, 5) is 14.8. The van der Waals surface area contributed by atoms with Crippen LogP contribution in [0.5, 0.6) is 0 Å². The van der Waals surface area contributed by atoms with Gasteiger partial charge in [0.1, 0.15) is 5.03 Å². The minimum absolute atomic E-state index is 0.0463. The van der Waals surface area contributed by atoms with E-state index in [4.69, 9.17) is 4.74 Å². The number of H-pyrrole nitrogens is 1. The van der Waals surface area contributed by atoms with Crippen LogP contribution >= 0.6 is 0 Å². The summed E-state index contributed by atoms with van der Waals surface area (Å²) in [5, 5.41) is 0.564. The zero-order valence-electron chi connectivity index (χ0n) is 11.7. The zero-order chi connectivity index (χ0) is 15.7. The van der Waals surface area contributed by atoms with E-state index in [2.05, 4.69) is 4.98 Å². The molecule has 22 heavy (non-hydrogen) atoms. The van der Waals surface area contributed by atoms with Gasteiger partial charge in [-0.1, -0.05) is 24.3 Å². The Balaban J connectivity index is 2.20. The molecular formula is C16H13NO4S. The quantitative estimate of drug-likeness (QED) is 0.754. The molecule has 0 aliphatic rings. The van der Waals surface area contributed by atoms with Gasteiger partial charge < -0.3 is 9.72 Å². The highest BCUT2D eigenvalue weighted by Crippen LogP contribution is 2.26. The third-order valence-electron chi connectivity index (χ3n) is 3.39. The summed E-state index contributed by atoms with van der Waals surface area (Å²) in [6.45, 7) is 0. The van der Waals surface area contributed by atoms with E-state index in [-0.39, 0.29) is 9.92 Å². The highest BCUT2D eigenvalue weighted by molar-refractivity contribution is 7.91. The van der Waals surface area contributed by atoms with Crippen LogP contribution < -0.4 is 0 Å². The number of sulfone groups is 1. The monoisotopic (exact) mass is 315 g/mol. The van der Waals surface area contributed by atoms with Gasteiger partial charge in [-0.25, -0.2) is 13.2 Å². The highest BCUT2D eigenvalue weighted by Gasteiger charge is 2.21. The highest BCUT2D eigenvalue weighted by atomic mass is 32.2. The second-order valence-corrected chi connectivity index (χ2v) is 6.63. The molecule has 3 aromatic rings. The number of hydrogen-bond donors (Lipinski definition) is 1. The average Bonchev–Trinajstić information content (AvgIpc) is 2.99. The maximum atomic E-state index is 12.6. The Morgan fingerprint density at radius 3 is 2.45 bits per heavy atom. The molecule has 0 amide bonds. The van der Waals surface area contributed by atoms with Crippen molar-refractivity contribution in [1.29, 1.82) is 0 Å². The zero-order valence-corrected chi connectivity index (χ0v) is 12.6. The molecule has 0 saturated carbocycles. The van der Waals surface area contributed by atoms with Gasteiger partial charge >= 0.3 is 5.97 Å². The predicted molar refractivity (Wildman–Crippen MR) is 81.5 cm³/mol. The molecule has 2 aromatic carbocycles. The number of hydrogen-bond acceptors (Lipinski definition) is 4. The number of aromatic nitrogens is 1. The van der Waals surface area contributed by atoms with Crippen molar-refractivity contribution in [3.05, 3.63) is 60.2 Å². The van der Waals surface area contributed by atoms with Crippen LogP contribution in [0.2, 0.25) is 0 Å². The molecule has 0 aliphatic carbocycles. The molecule has 0 saturated heterocycles. The average molecular weight is 315 g/mol. The van der Waals surface area contributed by atoms with Gasteiger partial charge in [-0.15, -0.1) is 0 Å². The Kier molecular flexibility index (Phi) is 3.46. The number of rotatable bonds is 3. The van der Waals surface area contributed by atoms with E-state index in [0.717, 1.165) is 0 Å². The van der Waals surface area contributed by atoms with Gasteiger partial charge in [-0.2, -0.15) is 0 Å². The molecule has 0 unspecified atom stereocenters. The number of ether oxygens (including phenoxy) is 1. The normalized spacial score (nSPS) is 11.5. The Bertz CT molecular complexity index is 943. The SMILES string of the molecule is COC(=O)c1cccc2[nH]c(S(=O)(=O)c3ccccc3)cc12. The first-order valence-corrected chi connectivity index (χ1v) is 8.02. The van der Waals surface area contributed by atoms with Crippen molar-refractivity contribution in [2.75, 3.05) is 7.11 Å². The number of methoxy groups -OCH3 is 1. The number of nitrogens with one attached hydrogen (secondary N) is 1. The van der Waals surface area contributed by atoms with Crippen LogP contribution in [0.1, 0.15) is 10.4 Å². The topological polar surface area (TPSA) is 76.2 Å². The van der Waals surface area contributed by atoms with E-state index >= 15 is 0 Å². The molecule has 5 nitrogen and oxygen atoms in total. The fourth-order valence-corrected chi connectivity index (χ4v) is 3.58. The third kappa shape index (κ3) is 2.27. The molecule has 0 spiro atoms.